The Morgan fingerprint density at radius 2 is 2.20 bits per heavy atom. The summed E-state index contributed by atoms with van der Waals surface area (Å²) in [5.41, 5.74) is 0.523. The molecule has 0 aliphatic heterocycles. The Morgan fingerprint density at radius 3 is 2.60 bits per heavy atom. The van der Waals surface area contributed by atoms with Gasteiger partial charge in [-0.05, 0) is 12.1 Å². The first kappa shape index (κ1) is 7.48. The van der Waals surface area contributed by atoms with Crippen molar-refractivity contribution in [2.24, 2.45) is 0 Å². The Morgan fingerprint density at radius 1 is 1.50 bits per heavy atom. The molecule has 0 spiro atoms. The van der Waals surface area contributed by atoms with Crippen LogP contribution in [0.15, 0.2) is 35.3 Å². The van der Waals surface area contributed by atoms with E-state index in [0.717, 1.165) is 4.47 Å². The Bertz CT molecular complexity index is 255. The summed E-state index contributed by atoms with van der Waals surface area (Å²) in [5, 5.41) is 0. The first-order valence-electron chi connectivity index (χ1n) is 2.80. The third-order valence-corrected chi connectivity index (χ3v) is 1.63. The molecule has 0 fully saturated rings. The van der Waals surface area contributed by atoms with Gasteiger partial charge in [0.15, 0.2) is 0 Å². The van der Waals surface area contributed by atoms with Crippen molar-refractivity contribution >= 4 is 21.8 Å². The second kappa shape index (κ2) is 2.97. The van der Waals surface area contributed by atoms with E-state index < -0.39 is 5.83 Å². The fourth-order valence-electron chi connectivity index (χ4n) is 0.657. The van der Waals surface area contributed by atoms with Crippen LogP contribution >= 0.6 is 15.9 Å². The van der Waals surface area contributed by atoms with Gasteiger partial charge in [0.05, 0.1) is 0 Å². The molecule has 52 valence electrons. The molecule has 0 aliphatic carbocycles. The molecule has 1 aromatic carbocycles. The van der Waals surface area contributed by atoms with Crippen LogP contribution in [0.5, 0.6) is 0 Å². The predicted octanol–water partition coefficient (Wildman–Crippen LogP) is 3.39. The van der Waals surface area contributed by atoms with E-state index in [2.05, 4.69) is 22.5 Å². The van der Waals surface area contributed by atoms with Crippen molar-refractivity contribution in [3.63, 3.8) is 0 Å². The molecule has 1 rings (SSSR count). The van der Waals surface area contributed by atoms with Crippen LogP contribution in [0.25, 0.3) is 5.83 Å². The lowest BCUT2D eigenvalue weighted by atomic mass is 10.2. The molecule has 0 saturated carbocycles. The van der Waals surface area contributed by atoms with Crippen molar-refractivity contribution in [1.82, 2.24) is 0 Å². The summed E-state index contributed by atoms with van der Waals surface area (Å²) in [4.78, 5) is 0. The fourth-order valence-corrected chi connectivity index (χ4v) is 1.06. The van der Waals surface area contributed by atoms with Gasteiger partial charge in [-0.1, -0.05) is 34.6 Å². The van der Waals surface area contributed by atoms with Crippen molar-refractivity contribution < 1.29 is 4.39 Å². The Hall–Kier alpha value is -0.630. The van der Waals surface area contributed by atoms with E-state index >= 15 is 0 Å². The van der Waals surface area contributed by atoms with E-state index in [1.807, 2.05) is 6.07 Å². The molecule has 0 nitrogen and oxygen atoms in total. The molecule has 0 unspecified atom stereocenters. The summed E-state index contributed by atoms with van der Waals surface area (Å²) in [6.07, 6.45) is 0. The zero-order valence-electron chi connectivity index (χ0n) is 5.27. The molecule has 0 aliphatic rings. The van der Waals surface area contributed by atoms with Gasteiger partial charge in [-0.25, -0.2) is 4.39 Å². The summed E-state index contributed by atoms with van der Waals surface area (Å²) < 4.78 is 13.3. The van der Waals surface area contributed by atoms with Crippen molar-refractivity contribution in [2.75, 3.05) is 0 Å². The molecule has 0 saturated heterocycles. The normalized spacial score (nSPS) is 9.40. The van der Waals surface area contributed by atoms with Gasteiger partial charge in [-0.2, -0.15) is 0 Å². The Labute approximate surface area is 67.5 Å². The molecule has 0 heterocycles. The monoisotopic (exact) mass is 200 g/mol. The van der Waals surface area contributed by atoms with Crippen molar-refractivity contribution in [3.05, 3.63) is 40.9 Å². The molecule has 0 aromatic heterocycles. The minimum atomic E-state index is -0.402. The quantitative estimate of drug-likeness (QED) is 0.653. The average molecular weight is 201 g/mol. The Balaban J connectivity index is 3.07. The van der Waals surface area contributed by atoms with Crippen LogP contribution in [-0.2, 0) is 0 Å². The highest BCUT2D eigenvalue weighted by molar-refractivity contribution is 9.10. The molecule has 2 heteroatoms. The Kier molecular flexibility index (Phi) is 2.22. The van der Waals surface area contributed by atoms with Gasteiger partial charge in [0.25, 0.3) is 0 Å². The maximum Gasteiger partial charge on any atom is 0.123 e. The van der Waals surface area contributed by atoms with Crippen molar-refractivity contribution in [2.45, 2.75) is 0 Å². The van der Waals surface area contributed by atoms with E-state index in [-0.39, 0.29) is 0 Å². The molecule has 0 radical (unpaired) electrons. The lowest BCUT2D eigenvalue weighted by Crippen LogP contribution is -1.74. The van der Waals surface area contributed by atoms with Crippen LogP contribution < -0.4 is 0 Å². The number of benzene rings is 1. The van der Waals surface area contributed by atoms with Gasteiger partial charge < -0.3 is 0 Å². The van der Waals surface area contributed by atoms with Crippen LogP contribution in [0.2, 0.25) is 0 Å². The van der Waals surface area contributed by atoms with Gasteiger partial charge >= 0.3 is 0 Å². The number of hydrogen-bond acceptors (Lipinski definition) is 0. The van der Waals surface area contributed by atoms with E-state index in [4.69, 9.17) is 0 Å². The number of halogens is 2. The molecule has 1 aromatic rings. The number of hydrogen-bond donors (Lipinski definition) is 0. The minimum Gasteiger partial charge on any atom is -0.207 e. The summed E-state index contributed by atoms with van der Waals surface area (Å²) in [6.45, 7) is 3.18. The standard InChI is InChI=1S/C8H6BrF/c1-6(10)7-3-2-4-8(9)5-7/h2-5H,1H2. The maximum atomic E-state index is 12.4. The highest BCUT2D eigenvalue weighted by atomic mass is 79.9. The van der Waals surface area contributed by atoms with Gasteiger partial charge in [-0.15, -0.1) is 0 Å². The van der Waals surface area contributed by atoms with Crippen LogP contribution in [-0.4, -0.2) is 0 Å². The second-order valence-electron chi connectivity index (χ2n) is 1.92. The lowest BCUT2D eigenvalue weighted by Gasteiger charge is -1.94. The SMILES string of the molecule is C=C(F)c1cccc(Br)c1. The average Bonchev–Trinajstić information content (AvgIpc) is 1.88. The molecular weight excluding hydrogens is 195 g/mol. The summed E-state index contributed by atoms with van der Waals surface area (Å²) in [6, 6.07) is 6.96. The molecule has 10 heavy (non-hydrogen) atoms. The van der Waals surface area contributed by atoms with Gasteiger partial charge in [0.1, 0.15) is 5.83 Å². The van der Waals surface area contributed by atoms with E-state index in [0.29, 0.717) is 5.56 Å². The summed E-state index contributed by atoms with van der Waals surface area (Å²) in [7, 11) is 0. The molecule has 0 atom stereocenters. The van der Waals surface area contributed by atoms with Crippen LogP contribution in [0, 0.1) is 0 Å². The van der Waals surface area contributed by atoms with E-state index in [1.54, 1.807) is 18.2 Å². The third kappa shape index (κ3) is 1.67. The van der Waals surface area contributed by atoms with Gasteiger partial charge in [0, 0.05) is 10.0 Å². The van der Waals surface area contributed by atoms with E-state index in [1.165, 1.54) is 0 Å². The van der Waals surface area contributed by atoms with E-state index in [9.17, 15) is 4.39 Å². The van der Waals surface area contributed by atoms with Crippen LogP contribution in [0.3, 0.4) is 0 Å². The molecule has 0 amide bonds. The van der Waals surface area contributed by atoms with Gasteiger partial charge in [-0.3, -0.25) is 0 Å². The van der Waals surface area contributed by atoms with Crippen molar-refractivity contribution in [1.29, 1.82) is 0 Å². The zero-order valence-corrected chi connectivity index (χ0v) is 6.86. The molecule has 0 N–H and O–H groups in total. The largest absolute Gasteiger partial charge is 0.207 e. The summed E-state index contributed by atoms with van der Waals surface area (Å²) >= 11 is 3.22. The molecular formula is C8H6BrF. The summed E-state index contributed by atoms with van der Waals surface area (Å²) in [5.74, 6) is -0.402. The minimum absolute atomic E-state index is 0.402. The zero-order chi connectivity index (χ0) is 7.56. The van der Waals surface area contributed by atoms with Crippen molar-refractivity contribution in [3.8, 4) is 0 Å². The molecule has 0 bridgehead atoms. The highest BCUT2D eigenvalue weighted by Gasteiger charge is 1.95. The first-order chi connectivity index (χ1) is 4.70. The van der Waals surface area contributed by atoms with Gasteiger partial charge in [0.2, 0.25) is 0 Å². The third-order valence-electron chi connectivity index (χ3n) is 1.14. The topological polar surface area (TPSA) is 0 Å². The fraction of sp³-hybridized carbons (Fsp3) is 0. The highest BCUT2D eigenvalue weighted by Crippen LogP contribution is 2.17. The van der Waals surface area contributed by atoms with Crippen LogP contribution in [0.4, 0.5) is 4.39 Å². The van der Waals surface area contributed by atoms with Crippen LogP contribution in [0.1, 0.15) is 5.56 Å². The lowest BCUT2D eigenvalue weighted by molar-refractivity contribution is 0.763. The first-order valence-corrected chi connectivity index (χ1v) is 3.60. The number of rotatable bonds is 1. The second-order valence-corrected chi connectivity index (χ2v) is 2.83. The predicted molar refractivity (Wildman–Crippen MR) is 44.3 cm³/mol. The maximum absolute atomic E-state index is 12.4. The smallest absolute Gasteiger partial charge is 0.123 e.